The summed E-state index contributed by atoms with van der Waals surface area (Å²) in [6, 6.07) is 9.35. The number of nitrogens with one attached hydrogen (secondary N) is 1. The minimum atomic E-state index is -0.106. The highest BCUT2D eigenvalue weighted by Crippen LogP contribution is 2.19. The second-order valence-electron chi connectivity index (χ2n) is 5.63. The summed E-state index contributed by atoms with van der Waals surface area (Å²) in [7, 11) is 0. The Bertz CT molecular complexity index is 356. The summed E-state index contributed by atoms with van der Waals surface area (Å²) in [5.74, 6) is 0. The van der Waals surface area contributed by atoms with Crippen LogP contribution in [0.25, 0.3) is 0 Å². The van der Waals surface area contributed by atoms with Gasteiger partial charge in [0.05, 0.1) is 5.60 Å². The lowest BCUT2D eigenvalue weighted by atomic mass is 10.0. The van der Waals surface area contributed by atoms with Crippen molar-refractivity contribution in [2.75, 3.05) is 13.2 Å². The maximum absolute atomic E-state index is 5.73. The normalized spacial score (nSPS) is 13.5. The van der Waals surface area contributed by atoms with Gasteiger partial charge in [0.15, 0.2) is 0 Å². The summed E-state index contributed by atoms with van der Waals surface area (Å²) in [4.78, 5) is 0. The van der Waals surface area contributed by atoms with Crippen LogP contribution in [-0.4, -0.2) is 18.8 Å². The van der Waals surface area contributed by atoms with Gasteiger partial charge in [-0.15, -0.1) is 0 Å². The maximum Gasteiger partial charge on any atom is 0.0750 e. The lowest BCUT2D eigenvalue weighted by Crippen LogP contribution is -2.39. The van der Waals surface area contributed by atoms with Crippen LogP contribution in [0.1, 0.15) is 58.2 Å². The zero-order chi connectivity index (χ0) is 14.3. The Balaban J connectivity index is 2.62. The highest BCUT2D eigenvalue weighted by Gasteiger charge is 2.19. The van der Waals surface area contributed by atoms with Crippen LogP contribution in [0.2, 0.25) is 0 Å². The number of benzene rings is 1. The van der Waals surface area contributed by atoms with Crippen LogP contribution in [0.15, 0.2) is 24.3 Å². The van der Waals surface area contributed by atoms with Crippen molar-refractivity contribution >= 4 is 0 Å². The van der Waals surface area contributed by atoms with Gasteiger partial charge in [0.25, 0.3) is 0 Å². The molecule has 0 saturated heterocycles. The molecule has 2 nitrogen and oxygen atoms in total. The molecular weight excluding hydrogens is 234 g/mol. The van der Waals surface area contributed by atoms with E-state index in [1.54, 1.807) is 0 Å². The van der Waals surface area contributed by atoms with Crippen molar-refractivity contribution < 1.29 is 4.74 Å². The van der Waals surface area contributed by atoms with Gasteiger partial charge in [-0.3, -0.25) is 0 Å². The van der Waals surface area contributed by atoms with Gasteiger partial charge < -0.3 is 10.1 Å². The largest absolute Gasteiger partial charge is 0.375 e. The first-order valence-corrected chi connectivity index (χ1v) is 7.48. The van der Waals surface area contributed by atoms with Crippen molar-refractivity contribution in [1.29, 1.82) is 0 Å². The quantitative estimate of drug-likeness (QED) is 0.762. The Labute approximate surface area is 118 Å². The zero-order valence-corrected chi connectivity index (χ0v) is 13.1. The van der Waals surface area contributed by atoms with Crippen LogP contribution in [0.4, 0.5) is 0 Å². The van der Waals surface area contributed by atoms with E-state index in [4.69, 9.17) is 4.74 Å². The van der Waals surface area contributed by atoms with E-state index < -0.39 is 0 Å². The van der Waals surface area contributed by atoms with E-state index in [1.165, 1.54) is 11.1 Å². The highest BCUT2D eigenvalue weighted by atomic mass is 16.5. The van der Waals surface area contributed by atoms with Crippen molar-refractivity contribution in [3.05, 3.63) is 35.4 Å². The molecule has 1 aromatic carbocycles. The fourth-order valence-electron chi connectivity index (χ4n) is 2.29. The Kier molecular flexibility index (Phi) is 6.53. The minimum Gasteiger partial charge on any atom is -0.375 e. The van der Waals surface area contributed by atoms with E-state index in [0.29, 0.717) is 6.04 Å². The number of aryl methyl sites for hydroxylation is 1. The second-order valence-corrected chi connectivity index (χ2v) is 5.63. The molecule has 0 amide bonds. The molecule has 0 aromatic heterocycles. The summed E-state index contributed by atoms with van der Waals surface area (Å²) < 4.78 is 5.73. The highest BCUT2D eigenvalue weighted by molar-refractivity contribution is 5.25. The zero-order valence-electron chi connectivity index (χ0n) is 13.1. The maximum atomic E-state index is 5.73. The lowest BCUT2D eigenvalue weighted by Gasteiger charge is -2.28. The smallest absolute Gasteiger partial charge is 0.0750 e. The average molecular weight is 263 g/mol. The van der Waals surface area contributed by atoms with Crippen LogP contribution in [0.5, 0.6) is 0 Å². The molecule has 0 fully saturated rings. The van der Waals surface area contributed by atoms with Crippen LogP contribution in [-0.2, 0) is 11.2 Å². The topological polar surface area (TPSA) is 21.3 Å². The third kappa shape index (κ3) is 5.33. The third-order valence-corrected chi connectivity index (χ3v) is 3.51. The van der Waals surface area contributed by atoms with Gasteiger partial charge in [-0.05, 0) is 44.7 Å². The first-order valence-electron chi connectivity index (χ1n) is 7.48. The van der Waals surface area contributed by atoms with Gasteiger partial charge in [0, 0.05) is 19.2 Å². The standard InChI is InChI=1S/C17H29NO/c1-6-14-9-11-15(12-10-14)16(7-2)18-13-17(4,5)19-8-3/h9-12,16,18H,6-8,13H2,1-5H3. The number of hydrogen-bond donors (Lipinski definition) is 1. The van der Waals surface area contributed by atoms with Gasteiger partial charge in [-0.25, -0.2) is 0 Å². The molecule has 0 bridgehead atoms. The Morgan fingerprint density at radius 2 is 1.74 bits per heavy atom. The molecule has 0 aliphatic carbocycles. The van der Waals surface area contributed by atoms with Crippen LogP contribution >= 0.6 is 0 Å². The fraction of sp³-hybridized carbons (Fsp3) is 0.647. The van der Waals surface area contributed by atoms with E-state index in [1.807, 2.05) is 6.92 Å². The lowest BCUT2D eigenvalue weighted by molar-refractivity contribution is -0.0107. The van der Waals surface area contributed by atoms with Crippen molar-refractivity contribution in [1.82, 2.24) is 5.32 Å². The van der Waals surface area contributed by atoms with Crippen molar-refractivity contribution in [2.24, 2.45) is 0 Å². The predicted molar refractivity (Wildman–Crippen MR) is 82.6 cm³/mol. The van der Waals surface area contributed by atoms with E-state index in [9.17, 15) is 0 Å². The Morgan fingerprint density at radius 1 is 1.11 bits per heavy atom. The summed E-state index contributed by atoms with van der Waals surface area (Å²) in [5, 5.41) is 3.62. The third-order valence-electron chi connectivity index (χ3n) is 3.51. The van der Waals surface area contributed by atoms with Gasteiger partial charge >= 0.3 is 0 Å². The Hall–Kier alpha value is -0.860. The van der Waals surface area contributed by atoms with Crippen molar-refractivity contribution in [2.45, 2.75) is 59.1 Å². The van der Waals surface area contributed by atoms with E-state index in [0.717, 1.165) is 26.0 Å². The predicted octanol–water partition coefficient (Wildman–Crippen LogP) is 4.10. The van der Waals surface area contributed by atoms with E-state index in [2.05, 4.69) is 57.3 Å². The van der Waals surface area contributed by atoms with Crippen molar-refractivity contribution in [3.63, 3.8) is 0 Å². The molecule has 0 aliphatic rings. The fourth-order valence-corrected chi connectivity index (χ4v) is 2.29. The summed E-state index contributed by atoms with van der Waals surface area (Å²) >= 11 is 0. The molecule has 1 rings (SSSR count). The summed E-state index contributed by atoms with van der Waals surface area (Å²) in [6.45, 7) is 12.4. The first-order chi connectivity index (χ1) is 9.02. The minimum absolute atomic E-state index is 0.106. The SMILES string of the molecule is CCOC(C)(C)CNC(CC)c1ccc(CC)cc1. The average Bonchev–Trinajstić information content (AvgIpc) is 2.40. The number of rotatable bonds is 8. The monoisotopic (exact) mass is 263 g/mol. The molecule has 0 radical (unpaired) electrons. The molecular formula is C17H29NO. The molecule has 0 saturated carbocycles. The van der Waals surface area contributed by atoms with Crippen LogP contribution < -0.4 is 5.32 Å². The van der Waals surface area contributed by atoms with Crippen LogP contribution in [0, 0.1) is 0 Å². The molecule has 0 spiro atoms. The van der Waals surface area contributed by atoms with Gasteiger partial charge in [-0.1, -0.05) is 38.1 Å². The van der Waals surface area contributed by atoms with Gasteiger partial charge in [0.2, 0.25) is 0 Å². The van der Waals surface area contributed by atoms with Gasteiger partial charge in [0.1, 0.15) is 0 Å². The molecule has 2 heteroatoms. The van der Waals surface area contributed by atoms with Gasteiger partial charge in [-0.2, -0.15) is 0 Å². The van der Waals surface area contributed by atoms with E-state index >= 15 is 0 Å². The second kappa shape index (κ2) is 7.66. The van der Waals surface area contributed by atoms with E-state index in [-0.39, 0.29) is 5.60 Å². The molecule has 1 aromatic rings. The first kappa shape index (κ1) is 16.2. The molecule has 0 heterocycles. The van der Waals surface area contributed by atoms with Crippen LogP contribution in [0.3, 0.4) is 0 Å². The molecule has 108 valence electrons. The summed E-state index contributed by atoms with van der Waals surface area (Å²) in [6.07, 6.45) is 2.19. The Morgan fingerprint density at radius 3 is 2.21 bits per heavy atom. The number of ether oxygens (including phenoxy) is 1. The number of hydrogen-bond acceptors (Lipinski definition) is 2. The molecule has 1 N–H and O–H groups in total. The molecule has 1 unspecified atom stereocenters. The molecule has 1 atom stereocenters. The summed E-state index contributed by atoms with van der Waals surface area (Å²) in [5.41, 5.74) is 2.66. The molecule has 0 aliphatic heterocycles. The molecule has 19 heavy (non-hydrogen) atoms. The van der Waals surface area contributed by atoms with Crippen molar-refractivity contribution in [3.8, 4) is 0 Å².